The average molecular weight is 191 g/mol. The molecule has 0 saturated carbocycles. The molecule has 0 aliphatic carbocycles. The maximum absolute atomic E-state index is 12.0. The van der Waals surface area contributed by atoms with Crippen LogP contribution in [0.5, 0.6) is 0 Å². The van der Waals surface area contributed by atoms with Crippen LogP contribution in [0.25, 0.3) is 0 Å². The van der Waals surface area contributed by atoms with Crippen molar-refractivity contribution in [3.63, 3.8) is 0 Å². The van der Waals surface area contributed by atoms with Gasteiger partial charge in [-0.25, -0.2) is 22.0 Å². The number of benzene rings is 1. The summed E-state index contributed by atoms with van der Waals surface area (Å²) in [6.07, 6.45) is 0. The standard InChI is InChI=1S/C6F5.Na.H/c7-2-1-3(8)5(10)6(11)4(2)9;;. The van der Waals surface area contributed by atoms with Crippen molar-refractivity contribution in [2.75, 3.05) is 0 Å². The van der Waals surface area contributed by atoms with Crippen LogP contribution in [0.1, 0.15) is 0 Å². The zero-order chi connectivity index (χ0) is 8.59. The van der Waals surface area contributed by atoms with Crippen molar-refractivity contribution in [2.45, 2.75) is 0 Å². The van der Waals surface area contributed by atoms with E-state index in [-0.39, 0.29) is 29.6 Å². The fourth-order valence-electron chi connectivity index (χ4n) is 0.495. The summed E-state index contributed by atoms with van der Waals surface area (Å²) in [5, 5.41) is 0. The molecule has 1 rings (SSSR count). The summed E-state index contributed by atoms with van der Waals surface area (Å²) in [4.78, 5) is 0. The third-order valence-electron chi connectivity index (χ3n) is 0.990. The van der Waals surface area contributed by atoms with Gasteiger partial charge >= 0.3 is 29.6 Å². The fourth-order valence-corrected chi connectivity index (χ4v) is 0.495. The zero-order valence-electron chi connectivity index (χ0n) is 4.89. The van der Waals surface area contributed by atoms with Crippen molar-refractivity contribution in [3.8, 4) is 0 Å². The Balaban J connectivity index is 0.00000121. The molecule has 12 heavy (non-hydrogen) atoms. The van der Waals surface area contributed by atoms with Crippen LogP contribution in [0.15, 0.2) is 0 Å². The van der Waals surface area contributed by atoms with Crippen LogP contribution in [-0.2, 0) is 0 Å². The first-order valence-electron chi connectivity index (χ1n) is 2.44. The topological polar surface area (TPSA) is 0 Å². The summed E-state index contributed by atoms with van der Waals surface area (Å²) in [5.41, 5.74) is 0. The third-order valence-corrected chi connectivity index (χ3v) is 0.990. The molecule has 6 heteroatoms. The maximum atomic E-state index is 12.0. The second-order valence-electron chi connectivity index (χ2n) is 1.69. The van der Waals surface area contributed by atoms with Crippen LogP contribution in [-0.4, -0.2) is 29.6 Å². The normalized spacial score (nSPS) is 9.42. The van der Waals surface area contributed by atoms with Gasteiger partial charge in [-0.2, -0.15) is 0 Å². The molecule has 0 unspecified atom stereocenters. The zero-order valence-corrected chi connectivity index (χ0v) is 4.89. The predicted molar refractivity (Wildman–Crippen MR) is 32.2 cm³/mol. The van der Waals surface area contributed by atoms with E-state index in [1.165, 1.54) is 0 Å². The molecule has 1 radical (unpaired) electrons. The molecule has 0 fully saturated rings. The minimum absolute atomic E-state index is 0. The van der Waals surface area contributed by atoms with Crippen molar-refractivity contribution in [1.29, 1.82) is 0 Å². The Morgan fingerprint density at radius 1 is 0.667 bits per heavy atom. The van der Waals surface area contributed by atoms with Gasteiger partial charge in [0.15, 0.2) is 23.3 Å². The number of halogens is 5. The van der Waals surface area contributed by atoms with Gasteiger partial charge in [0.2, 0.25) is 5.82 Å². The molecule has 0 nitrogen and oxygen atoms in total. The van der Waals surface area contributed by atoms with Crippen molar-refractivity contribution in [3.05, 3.63) is 35.2 Å². The first-order valence-corrected chi connectivity index (χ1v) is 2.44. The van der Waals surface area contributed by atoms with Gasteiger partial charge in [0, 0.05) is 0 Å². The monoisotopic (exact) mass is 191 g/mol. The van der Waals surface area contributed by atoms with Gasteiger partial charge in [-0.15, -0.1) is 0 Å². The van der Waals surface area contributed by atoms with E-state index in [2.05, 4.69) is 0 Å². The van der Waals surface area contributed by atoms with E-state index in [1.807, 2.05) is 0 Å². The molecule has 0 aliphatic heterocycles. The summed E-state index contributed by atoms with van der Waals surface area (Å²) in [5.74, 6) is -10.0. The molecular weight excluding hydrogens is 190 g/mol. The molecule has 0 aromatic heterocycles. The Morgan fingerprint density at radius 2 is 1.00 bits per heavy atom. The Bertz CT molecular complexity index is 272. The van der Waals surface area contributed by atoms with Crippen molar-refractivity contribution >= 4 is 29.6 Å². The first-order chi connectivity index (χ1) is 5.04. The van der Waals surface area contributed by atoms with E-state index in [0.29, 0.717) is 0 Å². The molecule has 0 N–H and O–H groups in total. The van der Waals surface area contributed by atoms with Gasteiger partial charge in [0.25, 0.3) is 0 Å². The Kier molecular flexibility index (Phi) is 4.16. The first kappa shape index (κ1) is 11.9. The summed E-state index contributed by atoms with van der Waals surface area (Å²) in [6.45, 7) is 0. The van der Waals surface area contributed by atoms with Gasteiger partial charge in [-0.3, -0.25) is 0 Å². The van der Waals surface area contributed by atoms with E-state index in [1.54, 1.807) is 0 Å². The van der Waals surface area contributed by atoms with Gasteiger partial charge in [-0.1, -0.05) is 0 Å². The Labute approximate surface area is 86.7 Å². The van der Waals surface area contributed by atoms with Crippen LogP contribution in [0.3, 0.4) is 0 Å². The van der Waals surface area contributed by atoms with Gasteiger partial charge < -0.3 is 0 Å². The van der Waals surface area contributed by atoms with Crippen LogP contribution in [0.4, 0.5) is 22.0 Å². The van der Waals surface area contributed by atoms with Gasteiger partial charge in [0.1, 0.15) is 0 Å². The molecular formula is C6HF5Na. The summed E-state index contributed by atoms with van der Waals surface area (Å²) < 4.78 is 59.9. The van der Waals surface area contributed by atoms with Crippen LogP contribution in [0, 0.1) is 35.2 Å². The van der Waals surface area contributed by atoms with E-state index in [4.69, 9.17) is 0 Å². The molecule has 0 heterocycles. The van der Waals surface area contributed by atoms with E-state index in [9.17, 15) is 22.0 Å². The molecule has 1 aromatic carbocycles. The van der Waals surface area contributed by atoms with Gasteiger partial charge in [-0.05, 0) is 0 Å². The predicted octanol–water partition coefficient (Wildman–Crippen LogP) is 1.53. The Hall–Kier alpha value is -0.130. The third kappa shape index (κ3) is 1.97. The summed E-state index contributed by atoms with van der Waals surface area (Å²) in [6, 6.07) is 1.02. The summed E-state index contributed by atoms with van der Waals surface area (Å²) in [7, 11) is 0. The average Bonchev–Trinajstić information content (AvgIpc) is 1.97. The molecule has 61 valence electrons. The van der Waals surface area contributed by atoms with Crippen molar-refractivity contribution in [2.24, 2.45) is 0 Å². The SMILES string of the molecule is Fc1[c]c(F)c(F)c(F)c1F.[NaH]. The van der Waals surface area contributed by atoms with E-state index < -0.39 is 29.1 Å². The fraction of sp³-hybridized carbons (Fsp3) is 0. The molecule has 0 bridgehead atoms. The molecule has 0 atom stereocenters. The molecule has 1 aromatic rings. The second-order valence-corrected chi connectivity index (χ2v) is 1.69. The van der Waals surface area contributed by atoms with Crippen molar-refractivity contribution in [1.82, 2.24) is 0 Å². The Morgan fingerprint density at radius 3 is 1.33 bits per heavy atom. The van der Waals surface area contributed by atoms with Crippen LogP contribution in [0.2, 0.25) is 0 Å². The molecule has 0 spiro atoms. The number of rotatable bonds is 0. The number of hydrogen-bond donors (Lipinski definition) is 0. The van der Waals surface area contributed by atoms with Gasteiger partial charge in [0.05, 0.1) is 6.07 Å². The molecule has 0 saturated heterocycles. The molecule has 0 amide bonds. The number of hydrogen-bond acceptors (Lipinski definition) is 0. The minimum atomic E-state index is -2.17. The summed E-state index contributed by atoms with van der Waals surface area (Å²) >= 11 is 0. The van der Waals surface area contributed by atoms with E-state index in [0.717, 1.165) is 6.07 Å². The second kappa shape index (κ2) is 4.20. The van der Waals surface area contributed by atoms with Crippen molar-refractivity contribution < 1.29 is 22.0 Å². The van der Waals surface area contributed by atoms with Crippen LogP contribution < -0.4 is 0 Å². The molecule has 0 aliphatic rings. The van der Waals surface area contributed by atoms with Crippen LogP contribution >= 0.6 is 0 Å². The van der Waals surface area contributed by atoms with E-state index >= 15 is 0 Å². The quantitative estimate of drug-likeness (QED) is 0.252.